The fourth-order valence-electron chi connectivity index (χ4n) is 10.9. The summed E-state index contributed by atoms with van der Waals surface area (Å²) in [6.45, 7) is 0. The molecule has 0 bridgehead atoms. The highest BCUT2D eigenvalue weighted by atomic mass is 15.0. The molecule has 14 aromatic rings. The van der Waals surface area contributed by atoms with Gasteiger partial charge in [0.05, 0.1) is 33.1 Å². The van der Waals surface area contributed by atoms with E-state index in [2.05, 4.69) is 226 Å². The van der Waals surface area contributed by atoms with Crippen LogP contribution < -0.4 is 0 Å². The van der Waals surface area contributed by atoms with Crippen LogP contribution in [0, 0.1) is 0 Å². The lowest BCUT2D eigenvalue weighted by atomic mass is 9.87. The third-order valence-electron chi connectivity index (χ3n) is 13.3. The van der Waals surface area contributed by atoms with Gasteiger partial charge in [-0.05, 0) is 112 Å². The Kier molecular flexibility index (Phi) is 6.56. The molecule has 0 aliphatic carbocycles. The summed E-state index contributed by atoms with van der Waals surface area (Å²) in [6.07, 6.45) is 0. The van der Waals surface area contributed by atoms with Gasteiger partial charge < -0.3 is 13.7 Å². The van der Waals surface area contributed by atoms with Gasteiger partial charge in [0.15, 0.2) is 0 Å². The molecule has 3 aromatic heterocycles. The molecule has 0 unspecified atom stereocenters. The minimum Gasteiger partial charge on any atom is -0.309 e. The summed E-state index contributed by atoms with van der Waals surface area (Å²) in [4.78, 5) is 0. The molecular weight excluding hydrogens is 739 g/mol. The highest BCUT2D eigenvalue weighted by molar-refractivity contribution is 6.39. The minimum atomic E-state index is 1.16. The van der Waals surface area contributed by atoms with Gasteiger partial charge >= 0.3 is 0 Å². The molecule has 14 rings (SSSR count). The Balaban J connectivity index is 1.07. The van der Waals surface area contributed by atoms with Gasteiger partial charge in [0, 0.05) is 60.2 Å². The van der Waals surface area contributed by atoms with E-state index in [1.807, 2.05) is 0 Å². The van der Waals surface area contributed by atoms with Crippen molar-refractivity contribution in [1.82, 2.24) is 13.7 Å². The van der Waals surface area contributed by atoms with E-state index in [1.165, 1.54) is 120 Å². The summed E-state index contributed by atoms with van der Waals surface area (Å²) in [6, 6.07) is 78.4. The number of aromatic nitrogens is 3. The maximum Gasteiger partial charge on any atom is 0.0626 e. The zero-order valence-electron chi connectivity index (χ0n) is 33.0. The number of benzene rings is 11. The van der Waals surface area contributed by atoms with Gasteiger partial charge in [-0.1, -0.05) is 133 Å². The van der Waals surface area contributed by atoms with Crippen LogP contribution in [0.1, 0.15) is 0 Å². The maximum absolute atomic E-state index is 2.53. The molecular formula is C58H35N3. The predicted octanol–water partition coefficient (Wildman–Crippen LogP) is 15.5. The molecule has 61 heavy (non-hydrogen) atoms. The van der Waals surface area contributed by atoms with Crippen molar-refractivity contribution in [2.24, 2.45) is 0 Å². The fraction of sp³-hybridized carbons (Fsp3) is 0. The lowest BCUT2D eigenvalue weighted by molar-refractivity contribution is 1.17. The molecule has 0 amide bonds. The van der Waals surface area contributed by atoms with Gasteiger partial charge in [0.2, 0.25) is 0 Å². The van der Waals surface area contributed by atoms with Crippen molar-refractivity contribution < 1.29 is 0 Å². The Hall–Kier alpha value is -8.14. The molecule has 0 saturated heterocycles. The molecule has 0 aliphatic rings. The molecule has 0 radical (unpaired) electrons. The quantitative estimate of drug-likeness (QED) is 0.158. The molecule has 3 nitrogen and oxygen atoms in total. The number of fused-ring (bicyclic) bond motifs is 11. The Morgan fingerprint density at radius 3 is 1.44 bits per heavy atom. The zero-order chi connectivity index (χ0) is 39.8. The van der Waals surface area contributed by atoms with Crippen LogP contribution in [-0.2, 0) is 0 Å². The van der Waals surface area contributed by atoms with Crippen LogP contribution in [0.15, 0.2) is 212 Å². The molecule has 0 aliphatic heterocycles. The average molecular weight is 774 g/mol. The van der Waals surface area contributed by atoms with E-state index in [0.29, 0.717) is 0 Å². The van der Waals surface area contributed by atoms with Crippen LogP contribution in [0.5, 0.6) is 0 Å². The van der Waals surface area contributed by atoms with E-state index >= 15 is 0 Å². The molecule has 0 saturated carbocycles. The van der Waals surface area contributed by atoms with E-state index in [-0.39, 0.29) is 0 Å². The van der Waals surface area contributed by atoms with Crippen LogP contribution >= 0.6 is 0 Å². The number of hydrogen-bond donors (Lipinski definition) is 0. The van der Waals surface area contributed by atoms with Gasteiger partial charge in [-0.15, -0.1) is 0 Å². The summed E-state index contributed by atoms with van der Waals surface area (Å²) >= 11 is 0. The zero-order valence-corrected chi connectivity index (χ0v) is 33.0. The van der Waals surface area contributed by atoms with Gasteiger partial charge in [0.25, 0.3) is 0 Å². The first-order valence-corrected chi connectivity index (χ1v) is 21.1. The van der Waals surface area contributed by atoms with Crippen LogP contribution in [-0.4, -0.2) is 13.7 Å². The Morgan fingerprint density at radius 2 is 0.754 bits per heavy atom. The number of para-hydroxylation sites is 5. The summed E-state index contributed by atoms with van der Waals surface area (Å²) < 4.78 is 7.33. The first-order chi connectivity index (χ1) is 30.3. The number of rotatable bonds is 4. The summed E-state index contributed by atoms with van der Waals surface area (Å²) in [5, 5.41) is 15.3. The lowest BCUT2D eigenvalue weighted by Gasteiger charge is -2.18. The normalized spacial score (nSPS) is 12.3. The first-order valence-electron chi connectivity index (χ1n) is 21.1. The highest BCUT2D eigenvalue weighted by Gasteiger charge is 2.24. The third kappa shape index (κ3) is 4.42. The standard InChI is InChI=1S/C58H35N3/c1-3-16-38(17-4-1)59-50-26-10-7-20-41(50)48-33-36(29-31-53(48)59)47-34-37-15-13-24-45-55(37)56-43(47)23-14-25-46(56)58-57(45)44-22-9-12-28-52(44)61(58)40-30-32-54-49(35-40)42-21-8-11-27-51(42)60(54)39-18-5-2-6-19-39/h1-35H. The van der Waals surface area contributed by atoms with E-state index in [4.69, 9.17) is 0 Å². The van der Waals surface area contributed by atoms with Crippen LogP contribution in [0.2, 0.25) is 0 Å². The highest BCUT2D eigenvalue weighted by Crippen LogP contribution is 2.49. The third-order valence-corrected chi connectivity index (χ3v) is 13.3. The molecule has 282 valence electrons. The lowest BCUT2D eigenvalue weighted by Crippen LogP contribution is -1.97. The van der Waals surface area contributed by atoms with E-state index in [1.54, 1.807) is 0 Å². The summed E-state index contributed by atoms with van der Waals surface area (Å²) in [5.74, 6) is 0. The van der Waals surface area contributed by atoms with Crippen molar-refractivity contribution >= 4 is 97.7 Å². The van der Waals surface area contributed by atoms with Crippen LogP contribution in [0.25, 0.3) is 126 Å². The van der Waals surface area contributed by atoms with E-state index in [9.17, 15) is 0 Å². The van der Waals surface area contributed by atoms with Crippen molar-refractivity contribution in [2.45, 2.75) is 0 Å². The Morgan fingerprint density at radius 1 is 0.246 bits per heavy atom. The molecule has 0 atom stereocenters. The van der Waals surface area contributed by atoms with Crippen LogP contribution in [0.3, 0.4) is 0 Å². The smallest absolute Gasteiger partial charge is 0.0626 e. The molecule has 0 N–H and O–H groups in total. The maximum atomic E-state index is 2.53. The number of hydrogen-bond acceptors (Lipinski definition) is 0. The summed E-state index contributed by atoms with van der Waals surface area (Å²) in [7, 11) is 0. The van der Waals surface area contributed by atoms with Crippen molar-refractivity contribution in [3.63, 3.8) is 0 Å². The molecule has 0 fully saturated rings. The van der Waals surface area contributed by atoms with Gasteiger partial charge in [-0.3, -0.25) is 0 Å². The predicted molar refractivity (Wildman–Crippen MR) is 259 cm³/mol. The second-order valence-electron chi connectivity index (χ2n) is 16.4. The molecule has 11 aromatic carbocycles. The topological polar surface area (TPSA) is 14.8 Å². The molecule has 0 spiro atoms. The summed E-state index contributed by atoms with van der Waals surface area (Å²) in [5.41, 5.74) is 13.3. The van der Waals surface area contributed by atoms with E-state index in [0.717, 1.165) is 5.69 Å². The first kappa shape index (κ1) is 32.8. The van der Waals surface area contributed by atoms with Gasteiger partial charge in [-0.25, -0.2) is 0 Å². The minimum absolute atomic E-state index is 1.16. The van der Waals surface area contributed by atoms with Crippen molar-refractivity contribution in [1.29, 1.82) is 0 Å². The largest absolute Gasteiger partial charge is 0.309 e. The molecule has 3 heterocycles. The van der Waals surface area contributed by atoms with Crippen LogP contribution in [0.4, 0.5) is 0 Å². The van der Waals surface area contributed by atoms with Gasteiger partial charge in [0.1, 0.15) is 0 Å². The monoisotopic (exact) mass is 773 g/mol. The van der Waals surface area contributed by atoms with E-state index < -0.39 is 0 Å². The number of nitrogens with zero attached hydrogens (tertiary/aromatic N) is 3. The Bertz CT molecular complexity index is 4090. The second kappa shape index (κ2) is 12.2. The van der Waals surface area contributed by atoms with Crippen molar-refractivity contribution in [2.75, 3.05) is 0 Å². The SMILES string of the molecule is c1ccc(-n2c3ccccc3c3cc(-c4cc5cccc6c5c5c4cccc5c4c6c5ccccc5n4-c4ccc5c(c4)c4ccccc4n5-c4ccccc4)ccc32)cc1. The fourth-order valence-corrected chi connectivity index (χ4v) is 10.9. The molecule has 3 heteroatoms. The Labute approximate surface area is 350 Å². The van der Waals surface area contributed by atoms with Gasteiger partial charge in [-0.2, -0.15) is 0 Å². The van der Waals surface area contributed by atoms with Crippen molar-refractivity contribution in [3.8, 4) is 28.2 Å². The van der Waals surface area contributed by atoms with Crippen molar-refractivity contribution in [3.05, 3.63) is 212 Å². The average Bonchev–Trinajstić information content (AvgIpc) is 3.97. The second-order valence-corrected chi connectivity index (χ2v) is 16.4.